The van der Waals surface area contributed by atoms with Gasteiger partial charge in [-0.2, -0.15) is 0 Å². The van der Waals surface area contributed by atoms with E-state index in [0.717, 1.165) is 22.3 Å². The van der Waals surface area contributed by atoms with Crippen LogP contribution in [0, 0.1) is 12.7 Å². The lowest BCUT2D eigenvalue weighted by Crippen LogP contribution is -2.30. The Hall–Kier alpha value is -2.94. The summed E-state index contributed by atoms with van der Waals surface area (Å²) in [6, 6.07) is 24.2. The first-order valence-corrected chi connectivity index (χ1v) is 8.78. The van der Waals surface area contributed by atoms with E-state index in [9.17, 15) is 9.18 Å². The van der Waals surface area contributed by atoms with Gasteiger partial charge in [-0.15, -0.1) is 0 Å². The van der Waals surface area contributed by atoms with E-state index in [-0.39, 0.29) is 17.8 Å². The van der Waals surface area contributed by atoms with Crippen LogP contribution in [0.25, 0.3) is 0 Å². The third kappa shape index (κ3) is 4.57. The average molecular weight is 347 g/mol. The molecule has 3 rings (SSSR count). The minimum atomic E-state index is -0.262. The number of amides is 1. The predicted molar refractivity (Wildman–Crippen MR) is 102 cm³/mol. The first kappa shape index (κ1) is 17.9. The Kier molecular flexibility index (Phi) is 5.80. The highest BCUT2D eigenvalue weighted by molar-refractivity contribution is 5.77. The number of carbonyl (C=O) groups excluding carboxylic acids is 1. The topological polar surface area (TPSA) is 29.1 Å². The lowest BCUT2D eigenvalue weighted by molar-refractivity contribution is -0.121. The van der Waals surface area contributed by atoms with Crippen molar-refractivity contribution in [1.29, 1.82) is 0 Å². The lowest BCUT2D eigenvalue weighted by atomic mass is 9.94. The summed E-state index contributed by atoms with van der Waals surface area (Å²) in [6.45, 7) is 2.05. The van der Waals surface area contributed by atoms with Crippen molar-refractivity contribution in [3.05, 3.63) is 107 Å². The number of benzene rings is 3. The quantitative estimate of drug-likeness (QED) is 0.670. The van der Waals surface area contributed by atoms with E-state index in [1.54, 1.807) is 12.1 Å². The van der Waals surface area contributed by atoms with E-state index in [2.05, 4.69) is 18.3 Å². The van der Waals surface area contributed by atoms with Crippen LogP contribution < -0.4 is 5.32 Å². The molecule has 0 unspecified atom stereocenters. The van der Waals surface area contributed by atoms with Gasteiger partial charge in [0.2, 0.25) is 5.91 Å². The molecule has 1 amide bonds. The van der Waals surface area contributed by atoms with Crippen LogP contribution >= 0.6 is 0 Å². The second-order valence-corrected chi connectivity index (χ2v) is 6.39. The van der Waals surface area contributed by atoms with Crippen LogP contribution in [0.4, 0.5) is 4.39 Å². The van der Waals surface area contributed by atoms with Crippen molar-refractivity contribution in [2.45, 2.75) is 25.8 Å². The summed E-state index contributed by atoms with van der Waals surface area (Å²) in [5.74, 6) is -0.284. The van der Waals surface area contributed by atoms with Gasteiger partial charge in [-0.1, -0.05) is 66.7 Å². The SMILES string of the molecule is Cc1ccccc1[C@@H](NC(=O)CCc1ccc(F)cc1)c1ccccc1. The highest BCUT2D eigenvalue weighted by Crippen LogP contribution is 2.25. The number of hydrogen-bond donors (Lipinski definition) is 1. The highest BCUT2D eigenvalue weighted by Gasteiger charge is 2.18. The number of nitrogens with one attached hydrogen (secondary N) is 1. The second kappa shape index (κ2) is 8.43. The van der Waals surface area contributed by atoms with Crippen molar-refractivity contribution in [2.75, 3.05) is 0 Å². The van der Waals surface area contributed by atoms with Gasteiger partial charge in [0.15, 0.2) is 0 Å². The molecule has 0 bridgehead atoms. The summed E-state index contributed by atoms with van der Waals surface area (Å²) >= 11 is 0. The van der Waals surface area contributed by atoms with Crippen molar-refractivity contribution in [1.82, 2.24) is 5.32 Å². The van der Waals surface area contributed by atoms with E-state index in [1.165, 1.54) is 12.1 Å². The average Bonchev–Trinajstić information content (AvgIpc) is 2.67. The molecular weight excluding hydrogens is 325 g/mol. The molecule has 0 saturated heterocycles. The summed E-state index contributed by atoms with van der Waals surface area (Å²) in [5.41, 5.74) is 4.24. The predicted octanol–water partition coefficient (Wildman–Crippen LogP) is 4.97. The van der Waals surface area contributed by atoms with E-state index < -0.39 is 0 Å². The molecule has 26 heavy (non-hydrogen) atoms. The monoisotopic (exact) mass is 347 g/mol. The molecule has 0 aromatic heterocycles. The molecule has 2 nitrogen and oxygen atoms in total. The smallest absolute Gasteiger partial charge is 0.221 e. The Morgan fingerprint density at radius 1 is 0.923 bits per heavy atom. The van der Waals surface area contributed by atoms with Gasteiger partial charge in [0.1, 0.15) is 5.82 Å². The second-order valence-electron chi connectivity index (χ2n) is 6.39. The molecule has 1 N–H and O–H groups in total. The Labute approximate surface area is 153 Å². The van der Waals surface area contributed by atoms with Crippen LogP contribution in [-0.2, 0) is 11.2 Å². The molecule has 0 radical (unpaired) electrons. The van der Waals surface area contributed by atoms with Gasteiger partial charge < -0.3 is 5.32 Å². The van der Waals surface area contributed by atoms with Gasteiger partial charge in [-0.05, 0) is 47.7 Å². The summed E-state index contributed by atoms with van der Waals surface area (Å²) in [6.07, 6.45) is 0.947. The first-order valence-electron chi connectivity index (χ1n) is 8.78. The van der Waals surface area contributed by atoms with Crippen LogP contribution in [0.2, 0.25) is 0 Å². The van der Waals surface area contributed by atoms with Crippen LogP contribution in [-0.4, -0.2) is 5.91 Å². The molecule has 0 fully saturated rings. The molecule has 0 spiro atoms. The van der Waals surface area contributed by atoms with Gasteiger partial charge in [0.25, 0.3) is 0 Å². The number of halogens is 1. The molecule has 3 aromatic carbocycles. The van der Waals surface area contributed by atoms with Crippen molar-refractivity contribution in [2.24, 2.45) is 0 Å². The standard InChI is InChI=1S/C23H22FNO/c1-17-7-5-6-10-21(17)23(19-8-3-2-4-9-19)25-22(26)16-13-18-11-14-20(24)15-12-18/h2-12,14-15,23H,13,16H2,1H3,(H,25,26)/t23-/m0/s1. The summed E-state index contributed by atoms with van der Waals surface area (Å²) in [5, 5.41) is 3.16. The molecule has 0 aliphatic rings. The third-order valence-corrected chi connectivity index (χ3v) is 4.49. The molecular formula is C23H22FNO. The maximum absolute atomic E-state index is 13.0. The minimum absolute atomic E-state index is 0.0218. The first-order chi connectivity index (χ1) is 12.6. The van der Waals surface area contributed by atoms with Crippen molar-refractivity contribution >= 4 is 5.91 Å². The minimum Gasteiger partial charge on any atom is -0.345 e. The van der Waals surface area contributed by atoms with Crippen LogP contribution in [0.3, 0.4) is 0 Å². The molecule has 0 aliphatic heterocycles. The Bertz CT molecular complexity index is 859. The molecule has 3 aromatic rings. The molecule has 0 saturated carbocycles. The molecule has 132 valence electrons. The van der Waals surface area contributed by atoms with Crippen molar-refractivity contribution in [3.8, 4) is 0 Å². The summed E-state index contributed by atoms with van der Waals surface area (Å²) < 4.78 is 13.0. The fourth-order valence-electron chi connectivity index (χ4n) is 3.04. The number of carbonyl (C=O) groups is 1. The van der Waals surface area contributed by atoms with Crippen LogP contribution in [0.15, 0.2) is 78.9 Å². The Balaban J connectivity index is 1.74. The number of aryl methyl sites for hydroxylation is 2. The summed E-state index contributed by atoms with van der Waals surface area (Å²) in [4.78, 5) is 12.6. The maximum Gasteiger partial charge on any atom is 0.221 e. The van der Waals surface area contributed by atoms with Gasteiger partial charge in [0, 0.05) is 6.42 Å². The molecule has 0 aliphatic carbocycles. The fourth-order valence-corrected chi connectivity index (χ4v) is 3.04. The van der Waals surface area contributed by atoms with E-state index in [1.807, 2.05) is 48.5 Å². The van der Waals surface area contributed by atoms with Crippen LogP contribution in [0.5, 0.6) is 0 Å². The highest BCUT2D eigenvalue weighted by atomic mass is 19.1. The zero-order valence-electron chi connectivity index (χ0n) is 14.8. The Morgan fingerprint density at radius 3 is 2.27 bits per heavy atom. The molecule has 3 heteroatoms. The van der Waals surface area contributed by atoms with Crippen molar-refractivity contribution < 1.29 is 9.18 Å². The number of hydrogen-bond acceptors (Lipinski definition) is 1. The van der Waals surface area contributed by atoms with Gasteiger partial charge in [-0.3, -0.25) is 4.79 Å². The van der Waals surface area contributed by atoms with Crippen LogP contribution in [0.1, 0.15) is 34.7 Å². The zero-order chi connectivity index (χ0) is 18.4. The Morgan fingerprint density at radius 2 is 1.58 bits per heavy atom. The van der Waals surface area contributed by atoms with E-state index in [4.69, 9.17) is 0 Å². The van der Waals surface area contributed by atoms with Crippen molar-refractivity contribution in [3.63, 3.8) is 0 Å². The van der Waals surface area contributed by atoms with Gasteiger partial charge in [0.05, 0.1) is 6.04 Å². The number of rotatable bonds is 6. The molecule has 0 heterocycles. The van der Waals surface area contributed by atoms with Gasteiger partial charge in [-0.25, -0.2) is 4.39 Å². The normalized spacial score (nSPS) is 11.8. The lowest BCUT2D eigenvalue weighted by Gasteiger charge is -2.21. The van der Waals surface area contributed by atoms with E-state index in [0.29, 0.717) is 12.8 Å². The summed E-state index contributed by atoms with van der Waals surface area (Å²) in [7, 11) is 0. The van der Waals surface area contributed by atoms with Gasteiger partial charge >= 0.3 is 0 Å². The zero-order valence-corrected chi connectivity index (χ0v) is 14.8. The fraction of sp³-hybridized carbons (Fsp3) is 0.174. The molecule has 1 atom stereocenters. The maximum atomic E-state index is 13.0. The third-order valence-electron chi connectivity index (χ3n) is 4.49. The largest absolute Gasteiger partial charge is 0.345 e. The van der Waals surface area contributed by atoms with E-state index >= 15 is 0 Å².